The molecule has 2 rings (SSSR count). The van der Waals surface area contributed by atoms with Gasteiger partial charge in [0.05, 0.1) is 0 Å². The van der Waals surface area contributed by atoms with E-state index in [9.17, 15) is 4.79 Å². The van der Waals surface area contributed by atoms with Crippen LogP contribution >= 0.6 is 0 Å². The Balaban J connectivity index is 1.93. The second-order valence-corrected chi connectivity index (χ2v) is 4.46. The van der Waals surface area contributed by atoms with Gasteiger partial charge in [-0.1, -0.05) is 30.3 Å². The number of anilines is 1. The number of carbonyl (C=O) groups is 1. The lowest BCUT2D eigenvalue weighted by atomic mass is 10.1. The average Bonchev–Trinajstić information content (AvgIpc) is 2.43. The van der Waals surface area contributed by atoms with E-state index in [1.165, 1.54) is 0 Å². The number of nitrogens with zero attached hydrogens (tertiary/aromatic N) is 1. The van der Waals surface area contributed by atoms with Gasteiger partial charge in [-0.05, 0) is 42.7 Å². The molecule has 4 heteroatoms. The maximum absolute atomic E-state index is 11.7. The second kappa shape index (κ2) is 6.52. The Kier molecular flexibility index (Phi) is 4.50. The summed E-state index contributed by atoms with van der Waals surface area (Å²) < 4.78 is 0. The molecular formula is C16H17N3O. The van der Waals surface area contributed by atoms with Crippen molar-refractivity contribution in [1.29, 1.82) is 0 Å². The molecule has 0 atom stereocenters. The molecule has 0 spiro atoms. The van der Waals surface area contributed by atoms with Crippen molar-refractivity contribution >= 4 is 17.9 Å². The molecule has 1 aromatic heterocycles. The fourth-order valence-electron chi connectivity index (χ4n) is 1.74. The van der Waals surface area contributed by atoms with Gasteiger partial charge in [-0.15, -0.1) is 0 Å². The quantitative estimate of drug-likeness (QED) is 0.894. The average molecular weight is 267 g/mol. The van der Waals surface area contributed by atoms with Crippen LogP contribution in [-0.4, -0.2) is 11.0 Å². The second-order valence-electron chi connectivity index (χ2n) is 4.46. The van der Waals surface area contributed by atoms with Crippen molar-refractivity contribution in [2.75, 3.05) is 5.32 Å². The Labute approximate surface area is 118 Å². The molecule has 0 bridgehead atoms. The molecule has 0 fully saturated rings. The number of aromatic nitrogens is 1. The third-order valence-corrected chi connectivity index (χ3v) is 2.91. The smallest absolute Gasteiger partial charge is 0.314 e. The predicted molar refractivity (Wildman–Crippen MR) is 81.3 cm³/mol. The van der Waals surface area contributed by atoms with E-state index in [1.807, 2.05) is 56.3 Å². The topological polar surface area (TPSA) is 54.0 Å². The van der Waals surface area contributed by atoms with Gasteiger partial charge in [0.2, 0.25) is 0 Å². The minimum absolute atomic E-state index is 0.309. The molecule has 2 N–H and O–H groups in total. The first kappa shape index (κ1) is 13.8. The number of amides is 2. The van der Waals surface area contributed by atoms with Gasteiger partial charge in [-0.2, -0.15) is 0 Å². The molecule has 2 amide bonds. The molecule has 0 aliphatic carbocycles. The SMILES string of the molecule is Cc1ccccc1/C=C/NC(=O)Nc1ncccc1C. The van der Waals surface area contributed by atoms with E-state index in [1.54, 1.807) is 12.4 Å². The largest absolute Gasteiger partial charge is 0.324 e. The highest BCUT2D eigenvalue weighted by Gasteiger charge is 2.02. The zero-order valence-corrected chi connectivity index (χ0v) is 11.6. The van der Waals surface area contributed by atoms with Gasteiger partial charge in [-0.3, -0.25) is 5.32 Å². The van der Waals surface area contributed by atoms with Crippen molar-refractivity contribution in [3.8, 4) is 0 Å². The number of benzene rings is 1. The van der Waals surface area contributed by atoms with E-state index in [4.69, 9.17) is 0 Å². The van der Waals surface area contributed by atoms with Gasteiger partial charge >= 0.3 is 6.03 Å². The molecule has 0 saturated heterocycles. The standard InChI is InChI=1S/C16H17N3O/c1-12-6-3-4-8-14(12)9-11-18-16(20)19-15-13(2)7-5-10-17-15/h3-11H,1-2H3,(H2,17,18,19,20)/b11-9+. The third-order valence-electron chi connectivity index (χ3n) is 2.91. The lowest BCUT2D eigenvalue weighted by Gasteiger charge is -2.06. The minimum Gasteiger partial charge on any atom is -0.314 e. The fraction of sp³-hybridized carbons (Fsp3) is 0.125. The van der Waals surface area contributed by atoms with Crippen molar-refractivity contribution < 1.29 is 4.79 Å². The molecule has 102 valence electrons. The summed E-state index contributed by atoms with van der Waals surface area (Å²) in [7, 11) is 0. The van der Waals surface area contributed by atoms with E-state index in [0.717, 1.165) is 16.7 Å². The van der Waals surface area contributed by atoms with Crippen LogP contribution in [0.5, 0.6) is 0 Å². The Hall–Kier alpha value is -2.62. The summed E-state index contributed by atoms with van der Waals surface area (Å²) in [5, 5.41) is 5.36. The fourth-order valence-corrected chi connectivity index (χ4v) is 1.74. The number of aryl methyl sites for hydroxylation is 2. The van der Waals surface area contributed by atoms with Crippen LogP contribution in [0, 0.1) is 13.8 Å². The molecule has 20 heavy (non-hydrogen) atoms. The van der Waals surface area contributed by atoms with Crippen LogP contribution in [0.2, 0.25) is 0 Å². The van der Waals surface area contributed by atoms with Crippen molar-refractivity contribution in [2.45, 2.75) is 13.8 Å². The molecule has 0 unspecified atom stereocenters. The van der Waals surface area contributed by atoms with Crippen LogP contribution in [0.15, 0.2) is 48.8 Å². The first-order chi connectivity index (χ1) is 9.66. The Bertz CT molecular complexity index is 635. The highest BCUT2D eigenvalue weighted by Crippen LogP contribution is 2.09. The number of hydrogen-bond acceptors (Lipinski definition) is 2. The summed E-state index contributed by atoms with van der Waals surface area (Å²) in [5.41, 5.74) is 3.15. The zero-order valence-electron chi connectivity index (χ0n) is 11.6. The number of urea groups is 1. The van der Waals surface area contributed by atoms with Crippen LogP contribution in [0.4, 0.5) is 10.6 Å². The first-order valence-corrected chi connectivity index (χ1v) is 6.38. The summed E-state index contributed by atoms with van der Waals surface area (Å²) in [5.74, 6) is 0.564. The molecule has 4 nitrogen and oxygen atoms in total. The maximum atomic E-state index is 11.7. The maximum Gasteiger partial charge on any atom is 0.324 e. The van der Waals surface area contributed by atoms with E-state index in [0.29, 0.717) is 5.82 Å². The number of pyridine rings is 1. The monoisotopic (exact) mass is 267 g/mol. The van der Waals surface area contributed by atoms with Gasteiger partial charge in [0.25, 0.3) is 0 Å². The van der Waals surface area contributed by atoms with Gasteiger partial charge in [0.1, 0.15) is 5.82 Å². The summed E-state index contributed by atoms with van der Waals surface area (Å²) in [6.07, 6.45) is 5.13. The number of carbonyl (C=O) groups excluding carboxylic acids is 1. The van der Waals surface area contributed by atoms with Gasteiger partial charge in [0.15, 0.2) is 0 Å². The molecular weight excluding hydrogens is 250 g/mol. The van der Waals surface area contributed by atoms with Crippen LogP contribution in [0.25, 0.3) is 6.08 Å². The highest BCUT2D eigenvalue weighted by molar-refractivity contribution is 5.89. The Morgan fingerprint density at radius 2 is 1.85 bits per heavy atom. The van der Waals surface area contributed by atoms with Crippen molar-refractivity contribution in [2.24, 2.45) is 0 Å². The van der Waals surface area contributed by atoms with Crippen LogP contribution in [-0.2, 0) is 0 Å². The van der Waals surface area contributed by atoms with Gasteiger partial charge < -0.3 is 5.32 Å². The van der Waals surface area contributed by atoms with Crippen molar-refractivity contribution in [3.05, 3.63) is 65.5 Å². The number of hydrogen-bond donors (Lipinski definition) is 2. The first-order valence-electron chi connectivity index (χ1n) is 6.38. The molecule has 1 heterocycles. The third kappa shape index (κ3) is 3.68. The molecule has 0 radical (unpaired) electrons. The Morgan fingerprint density at radius 1 is 1.10 bits per heavy atom. The van der Waals surface area contributed by atoms with Crippen molar-refractivity contribution in [3.63, 3.8) is 0 Å². The predicted octanol–water partition coefficient (Wildman–Crippen LogP) is 3.49. The highest BCUT2D eigenvalue weighted by atomic mass is 16.2. The van der Waals surface area contributed by atoms with E-state index in [-0.39, 0.29) is 6.03 Å². The summed E-state index contributed by atoms with van der Waals surface area (Å²) in [4.78, 5) is 15.8. The minimum atomic E-state index is -0.309. The van der Waals surface area contributed by atoms with Crippen LogP contribution in [0.1, 0.15) is 16.7 Å². The summed E-state index contributed by atoms with van der Waals surface area (Å²) in [6, 6.07) is 11.4. The van der Waals surface area contributed by atoms with E-state index in [2.05, 4.69) is 15.6 Å². The van der Waals surface area contributed by atoms with E-state index >= 15 is 0 Å². The van der Waals surface area contributed by atoms with Crippen LogP contribution in [0.3, 0.4) is 0 Å². The summed E-state index contributed by atoms with van der Waals surface area (Å²) in [6.45, 7) is 3.92. The van der Waals surface area contributed by atoms with Gasteiger partial charge in [-0.25, -0.2) is 9.78 Å². The molecule has 0 saturated carbocycles. The van der Waals surface area contributed by atoms with Crippen molar-refractivity contribution in [1.82, 2.24) is 10.3 Å². The molecule has 0 aliphatic heterocycles. The Morgan fingerprint density at radius 3 is 2.60 bits per heavy atom. The lowest BCUT2D eigenvalue weighted by molar-refractivity contribution is 0.255. The normalized spacial score (nSPS) is 10.5. The number of rotatable bonds is 3. The molecule has 0 aliphatic rings. The van der Waals surface area contributed by atoms with Gasteiger partial charge in [0, 0.05) is 12.4 Å². The zero-order chi connectivity index (χ0) is 14.4. The number of nitrogens with one attached hydrogen (secondary N) is 2. The summed E-state index contributed by atoms with van der Waals surface area (Å²) >= 11 is 0. The molecule has 1 aromatic carbocycles. The molecule has 2 aromatic rings. The lowest BCUT2D eigenvalue weighted by Crippen LogP contribution is -2.24. The van der Waals surface area contributed by atoms with Crippen LogP contribution < -0.4 is 10.6 Å². The van der Waals surface area contributed by atoms with E-state index < -0.39 is 0 Å².